The van der Waals surface area contributed by atoms with E-state index in [1.807, 2.05) is 13.8 Å². The van der Waals surface area contributed by atoms with Crippen LogP contribution in [-0.4, -0.2) is 28.1 Å². The van der Waals surface area contributed by atoms with Crippen LogP contribution in [0.1, 0.15) is 15.6 Å². The first-order chi connectivity index (χ1) is 9.18. The standard InChI is InChI=1S/C9H9ClN4O4S2/c1-5-6(2)19-8(11-5)4-13-3-7(20(10,17)18)9(12-13)14(15)16/h3H,4H2,1-2H3. The van der Waals surface area contributed by atoms with Crippen LogP contribution in [0.4, 0.5) is 5.82 Å². The highest BCUT2D eigenvalue weighted by atomic mass is 35.7. The molecule has 0 spiro atoms. The molecule has 108 valence electrons. The van der Waals surface area contributed by atoms with Crippen molar-refractivity contribution in [1.82, 2.24) is 14.8 Å². The summed E-state index contributed by atoms with van der Waals surface area (Å²) in [7, 11) is 0.932. The van der Waals surface area contributed by atoms with Gasteiger partial charge in [0.2, 0.25) is 4.90 Å². The molecule has 2 rings (SSSR count). The fourth-order valence-electron chi connectivity index (χ4n) is 1.52. The summed E-state index contributed by atoms with van der Waals surface area (Å²) in [4.78, 5) is 14.6. The first kappa shape index (κ1) is 14.9. The molecule has 0 aliphatic rings. The molecule has 11 heteroatoms. The van der Waals surface area contributed by atoms with Crippen LogP contribution in [0, 0.1) is 24.0 Å². The van der Waals surface area contributed by atoms with Gasteiger partial charge in [0.15, 0.2) is 0 Å². The summed E-state index contributed by atoms with van der Waals surface area (Å²) in [6.45, 7) is 3.89. The van der Waals surface area contributed by atoms with Gasteiger partial charge in [0, 0.05) is 15.6 Å². The third-order valence-corrected chi connectivity index (χ3v) is 4.89. The Morgan fingerprint density at radius 2 is 2.15 bits per heavy atom. The first-order valence-corrected chi connectivity index (χ1v) is 8.40. The van der Waals surface area contributed by atoms with E-state index in [1.165, 1.54) is 11.3 Å². The lowest BCUT2D eigenvalue weighted by molar-refractivity contribution is -0.392. The average Bonchev–Trinajstić information content (AvgIpc) is 2.84. The Hall–Kier alpha value is -1.52. The second-order valence-corrected chi connectivity index (χ2v) is 7.78. The van der Waals surface area contributed by atoms with Gasteiger partial charge in [-0.2, -0.15) is 4.68 Å². The molecule has 0 N–H and O–H groups in total. The van der Waals surface area contributed by atoms with Crippen molar-refractivity contribution < 1.29 is 13.3 Å². The van der Waals surface area contributed by atoms with Gasteiger partial charge >= 0.3 is 5.82 Å². The molecule has 0 bridgehead atoms. The van der Waals surface area contributed by atoms with Gasteiger partial charge in [0.05, 0.1) is 17.0 Å². The number of hydrogen-bond acceptors (Lipinski definition) is 7. The van der Waals surface area contributed by atoms with Gasteiger partial charge in [-0.15, -0.1) is 11.3 Å². The zero-order chi connectivity index (χ0) is 15.1. The van der Waals surface area contributed by atoms with Gasteiger partial charge in [-0.3, -0.25) is 0 Å². The largest absolute Gasteiger partial charge is 0.410 e. The van der Waals surface area contributed by atoms with E-state index in [0.29, 0.717) is 5.01 Å². The number of halogens is 1. The minimum atomic E-state index is -4.22. The molecule has 0 aliphatic heterocycles. The predicted molar refractivity (Wildman–Crippen MR) is 72.6 cm³/mol. The van der Waals surface area contributed by atoms with Gasteiger partial charge in [-0.1, -0.05) is 0 Å². The number of rotatable bonds is 4. The lowest BCUT2D eigenvalue weighted by Crippen LogP contribution is -2.00. The van der Waals surface area contributed by atoms with Crippen LogP contribution in [0.3, 0.4) is 0 Å². The summed E-state index contributed by atoms with van der Waals surface area (Å²) >= 11 is 1.42. The van der Waals surface area contributed by atoms with Crippen LogP contribution in [0.5, 0.6) is 0 Å². The monoisotopic (exact) mass is 336 g/mol. The number of aryl methyl sites for hydroxylation is 2. The van der Waals surface area contributed by atoms with Crippen molar-refractivity contribution in [2.24, 2.45) is 0 Å². The number of thiazole rings is 1. The summed E-state index contributed by atoms with van der Waals surface area (Å²) in [5.74, 6) is -0.787. The number of aromatic nitrogens is 3. The number of nitrogens with zero attached hydrogens (tertiary/aromatic N) is 4. The molecule has 0 atom stereocenters. The molecule has 0 radical (unpaired) electrons. The molecule has 0 amide bonds. The van der Waals surface area contributed by atoms with Crippen LogP contribution >= 0.6 is 22.0 Å². The van der Waals surface area contributed by atoms with E-state index in [1.54, 1.807) is 0 Å². The molecule has 2 aromatic rings. The SMILES string of the molecule is Cc1nc(Cn2cc(S(=O)(=O)Cl)c([N+](=O)[O-])n2)sc1C. The average molecular weight is 337 g/mol. The van der Waals surface area contributed by atoms with E-state index in [4.69, 9.17) is 10.7 Å². The van der Waals surface area contributed by atoms with Crippen molar-refractivity contribution in [2.75, 3.05) is 0 Å². The van der Waals surface area contributed by atoms with Gasteiger partial charge in [0.1, 0.15) is 11.6 Å². The molecular formula is C9H9ClN4O4S2. The molecule has 0 fully saturated rings. The Bertz CT molecular complexity index is 760. The van der Waals surface area contributed by atoms with Gasteiger partial charge < -0.3 is 10.1 Å². The molecule has 2 aromatic heterocycles. The molecule has 0 aromatic carbocycles. The van der Waals surface area contributed by atoms with Gasteiger partial charge in [0.25, 0.3) is 9.05 Å². The predicted octanol–water partition coefficient (Wildman–Crippen LogP) is 1.84. The minimum Gasteiger partial charge on any atom is -0.358 e. The number of hydrogen-bond donors (Lipinski definition) is 0. The Labute approximate surface area is 122 Å². The fraction of sp³-hybridized carbons (Fsp3) is 0.333. The maximum Gasteiger partial charge on any atom is 0.410 e. The van der Waals surface area contributed by atoms with Crippen molar-refractivity contribution in [2.45, 2.75) is 25.3 Å². The smallest absolute Gasteiger partial charge is 0.358 e. The number of nitro groups is 1. The summed E-state index contributed by atoms with van der Waals surface area (Å²) in [5, 5.41) is 15.1. The van der Waals surface area contributed by atoms with Gasteiger partial charge in [-0.05, 0) is 18.8 Å². The fourth-order valence-corrected chi connectivity index (χ4v) is 3.35. The normalized spacial score (nSPS) is 11.8. The Morgan fingerprint density at radius 3 is 2.55 bits per heavy atom. The van der Waals surface area contributed by atoms with Crippen molar-refractivity contribution >= 4 is 36.9 Å². The first-order valence-electron chi connectivity index (χ1n) is 5.28. The molecule has 20 heavy (non-hydrogen) atoms. The van der Waals surface area contributed by atoms with Crippen LogP contribution in [0.2, 0.25) is 0 Å². The zero-order valence-corrected chi connectivity index (χ0v) is 12.8. The summed E-state index contributed by atoms with van der Waals surface area (Å²) in [6, 6.07) is 0. The quantitative estimate of drug-likeness (QED) is 0.479. The molecule has 0 saturated carbocycles. The third-order valence-electron chi connectivity index (χ3n) is 2.52. The highest BCUT2D eigenvalue weighted by molar-refractivity contribution is 8.13. The maximum absolute atomic E-state index is 11.3. The molecule has 0 unspecified atom stereocenters. The van der Waals surface area contributed by atoms with Crippen LogP contribution in [0.25, 0.3) is 0 Å². The van der Waals surface area contributed by atoms with E-state index < -0.39 is 24.7 Å². The van der Waals surface area contributed by atoms with Crippen molar-refractivity contribution in [3.63, 3.8) is 0 Å². The molecule has 8 nitrogen and oxygen atoms in total. The summed E-state index contributed by atoms with van der Waals surface area (Å²) in [6.07, 6.45) is 1.03. The highest BCUT2D eigenvalue weighted by Crippen LogP contribution is 2.26. The maximum atomic E-state index is 11.3. The summed E-state index contributed by atoms with van der Waals surface area (Å²) in [5.41, 5.74) is 0.858. The second-order valence-electron chi connectivity index (χ2n) is 3.96. The highest BCUT2D eigenvalue weighted by Gasteiger charge is 2.30. The lowest BCUT2D eigenvalue weighted by atomic mass is 10.4. The zero-order valence-electron chi connectivity index (χ0n) is 10.4. The lowest BCUT2D eigenvalue weighted by Gasteiger charge is -1.90. The Kier molecular flexibility index (Phi) is 3.80. The van der Waals surface area contributed by atoms with Crippen molar-refractivity contribution in [3.05, 3.63) is 31.9 Å². The third kappa shape index (κ3) is 2.97. The van der Waals surface area contributed by atoms with Crippen molar-refractivity contribution in [3.8, 4) is 0 Å². The summed E-state index contributed by atoms with van der Waals surface area (Å²) < 4.78 is 23.7. The molecule has 0 saturated heterocycles. The Morgan fingerprint density at radius 1 is 1.50 bits per heavy atom. The van der Waals surface area contributed by atoms with Crippen molar-refractivity contribution in [1.29, 1.82) is 0 Å². The molecule has 2 heterocycles. The second kappa shape index (κ2) is 5.11. The van der Waals surface area contributed by atoms with Crippen LogP contribution < -0.4 is 0 Å². The molecule has 0 aliphatic carbocycles. The molecular weight excluding hydrogens is 328 g/mol. The van der Waals surface area contributed by atoms with E-state index in [9.17, 15) is 18.5 Å². The van der Waals surface area contributed by atoms with E-state index in [0.717, 1.165) is 21.4 Å². The van der Waals surface area contributed by atoms with E-state index in [-0.39, 0.29) is 6.54 Å². The van der Waals surface area contributed by atoms with Gasteiger partial charge in [-0.25, -0.2) is 13.4 Å². The van der Waals surface area contributed by atoms with Crippen LogP contribution in [-0.2, 0) is 15.6 Å². The minimum absolute atomic E-state index is 0.145. The van der Waals surface area contributed by atoms with E-state index >= 15 is 0 Å². The van der Waals surface area contributed by atoms with E-state index in [2.05, 4.69) is 10.1 Å². The topological polar surface area (TPSA) is 108 Å². The van der Waals surface area contributed by atoms with Crippen LogP contribution in [0.15, 0.2) is 11.1 Å². The Balaban J connectivity index is 2.41.